The number of anilines is 1. The Morgan fingerprint density at radius 1 is 1.12 bits per heavy atom. The van der Waals surface area contributed by atoms with E-state index < -0.39 is 6.17 Å². The molecule has 2 heterocycles. The number of ether oxygens (including phenoxy) is 3. The summed E-state index contributed by atoms with van der Waals surface area (Å²) in [5.74, 6) is 1.09. The van der Waals surface area contributed by atoms with Crippen molar-refractivity contribution >= 4 is 23.4 Å². The number of H-pyrrole nitrogens is 1. The van der Waals surface area contributed by atoms with Crippen molar-refractivity contribution < 1.29 is 23.7 Å². The topological polar surface area (TPSA) is 97.6 Å². The van der Waals surface area contributed by atoms with E-state index in [4.69, 9.17) is 14.2 Å². The first-order chi connectivity index (χ1) is 15.4. The molecule has 1 amide bonds. The lowest BCUT2D eigenvalue weighted by atomic mass is 10.0. The van der Waals surface area contributed by atoms with Crippen molar-refractivity contribution in [3.8, 4) is 28.5 Å². The van der Waals surface area contributed by atoms with Crippen molar-refractivity contribution in [2.45, 2.75) is 18.2 Å². The number of carbonyl (C=O) groups excluding carboxylic acids is 1. The number of fused-ring (bicyclic) bond motifs is 3. The Bertz CT molecular complexity index is 1230. The van der Waals surface area contributed by atoms with E-state index in [9.17, 15) is 9.59 Å². The van der Waals surface area contributed by atoms with Gasteiger partial charge in [0, 0.05) is 12.0 Å². The Morgan fingerprint density at radius 2 is 1.78 bits per heavy atom. The number of nitrogens with zero attached hydrogens (tertiary/aromatic N) is 3. The van der Waals surface area contributed by atoms with E-state index in [2.05, 4.69) is 10.1 Å². The number of benzene rings is 2. The Labute approximate surface area is 188 Å². The normalized spacial score (nSPS) is 14.4. The highest BCUT2D eigenvalue weighted by molar-refractivity contribution is 7.98. The van der Waals surface area contributed by atoms with Gasteiger partial charge in [-0.3, -0.25) is 14.6 Å². The number of para-hydroxylation sites is 1. The minimum Gasteiger partial charge on any atom is -0.493 e. The zero-order valence-corrected chi connectivity index (χ0v) is 19.1. The van der Waals surface area contributed by atoms with E-state index >= 15 is 0 Å². The van der Waals surface area contributed by atoms with Gasteiger partial charge in [0.2, 0.25) is 16.8 Å². The van der Waals surface area contributed by atoms with Gasteiger partial charge in [0.1, 0.15) is 0 Å². The van der Waals surface area contributed by atoms with Gasteiger partial charge in [-0.1, -0.05) is 23.9 Å². The average molecular weight is 456 g/mol. The van der Waals surface area contributed by atoms with Crippen LogP contribution in [-0.4, -0.2) is 43.6 Å². The fourth-order valence-electron chi connectivity index (χ4n) is 3.96. The Kier molecular flexibility index (Phi) is 5.79. The lowest BCUT2D eigenvalue weighted by Gasteiger charge is -2.31. The van der Waals surface area contributed by atoms with Crippen LogP contribution in [0.1, 0.15) is 18.7 Å². The third-order valence-corrected chi connectivity index (χ3v) is 5.85. The zero-order chi connectivity index (χ0) is 23.0. The van der Waals surface area contributed by atoms with E-state index in [0.717, 1.165) is 0 Å². The van der Waals surface area contributed by atoms with Crippen molar-refractivity contribution in [3.63, 3.8) is 0 Å². The third kappa shape index (κ3) is 3.36. The molecule has 0 aliphatic carbocycles. The summed E-state index contributed by atoms with van der Waals surface area (Å²) in [5.41, 5.74) is 1.93. The van der Waals surface area contributed by atoms with Gasteiger partial charge in [0.05, 0.1) is 38.1 Å². The predicted octanol–water partition coefficient (Wildman–Crippen LogP) is 2.39. The molecule has 0 radical (unpaired) electrons. The molecule has 9 nitrogen and oxygen atoms in total. The lowest BCUT2D eigenvalue weighted by Crippen LogP contribution is -2.60. The van der Waals surface area contributed by atoms with E-state index in [0.29, 0.717) is 44.9 Å². The SMILES string of the molecule is COc1cc([C@H]2N(C(C)=O)c3ccccc3-c3c(=O)[nH]c(SC)n[n+]32)cc(OC)c1OC. The molecule has 0 saturated carbocycles. The van der Waals surface area contributed by atoms with Gasteiger partial charge in [-0.25, -0.2) is 4.90 Å². The molecule has 10 heteroatoms. The number of hydrogen-bond donors (Lipinski definition) is 1. The molecule has 0 unspecified atom stereocenters. The van der Waals surface area contributed by atoms with Gasteiger partial charge in [-0.05, 0) is 35.2 Å². The van der Waals surface area contributed by atoms with Gasteiger partial charge in [-0.2, -0.15) is 0 Å². The molecule has 1 N–H and O–H groups in total. The molecule has 0 bridgehead atoms. The number of amides is 1. The molecular formula is C22H23N4O5S+. The maximum Gasteiger partial charge on any atom is 0.325 e. The first-order valence-electron chi connectivity index (χ1n) is 9.74. The van der Waals surface area contributed by atoms with Crippen LogP contribution in [0.5, 0.6) is 17.2 Å². The van der Waals surface area contributed by atoms with E-state index in [-0.39, 0.29) is 11.5 Å². The van der Waals surface area contributed by atoms with Gasteiger partial charge >= 0.3 is 11.3 Å². The molecule has 2 aromatic carbocycles. The van der Waals surface area contributed by atoms with Crippen LogP contribution in [-0.2, 0) is 4.79 Å². The second-order valence-electron chi connectivity index (χ2n) is 7.00. The second-order valence-corrected chi connectivity index (χ2v) is 7.79. The lowest BCUT2D eigenvalue weighted by molar-refractivity contribution is -0.763. The maximum atomic E-state index is 13.1. The van der Waals surface area contributed by atoms with Crippen molar-refractivity contribution in [1.82, 2.24) is 10.1 Å². The summed E-state index contributed by atoms with van der Waals surface area (Å²) >= 11 is 1.30. The number of hydrogen-bond acceptors (Lipinski definition) is 7. The Balaban J connectivity index is 2.09. The van der Waals surface area contributed by atoms with E-state index in [1.807, 2.05) is 24.5 Å². The molecule has 1 aliphatic rings. The molecule has 0 saturated heterocycles. The van der Waals surface area contributed by atoms with Crippen LogP contribution in [0.4, 0.5) is 5.69 Å². The number of aromatic nitrogens is 3. The zero-order valence-electron chi connectivity index (χ0n) is 18.3. The smallest absolute Gasteiger partial charge is 0.325 e. The molecule has 3 aromatic rings. The number of aromatic amines is 1. The molecule has 1 atom stereocenters. The van der Waals surface area contributed by atoms with Crippen LogP contribution in [0.2, 0.25) is 0 Å². The van der Waals surface area contributed by atoms with Crippen LogP contribution in [0.3, 0.4) is 0 Å². The predicted molar refractivity (Wildman–Crippen MR) is 120 cm³/mol. The van der Waals surface area contributed by atoms with E-state index in [1.165, 1.54) is 40.0 Å². The molecule has 0 fully saturated rings. The van der Waals surface area contributed by atoms with Crippen LogP contribution in [0.25, 0.3) is 11.3 Å². The minimum absolute atomic E-state index is 0.206. The molecular weight excluding hydrogens is 432 g/mol. The first kappa shape index (κ1) is 21.7. The highest BCUT2D eigenvalue weighted by Crippen LogP contribution is 2.43. The highest BCUT2D eigenvalue weighted by Gasteiger charge is 2.45. The summed E-state index contributed by atoms with van der Waals surface area (Å²) in [6, 6.07) is 10.8. The molecule has 1 aromatic heterocycles. The number of methoxy groups -OCH3 is 3. The molecule has 32 heavy (non-hydrogen) atoms. The van der Waals surface area contributed by atoms with Gasteiger partial charge < -0.3 is 14.2 Å². The maximum absolute atomic E-state index is 13.1. The third-order valence-electron chi connectivity index (χ3n) is 5.28. The number of carbonyl (C=O) groups is 1. The second kappa shape index (κ2) is 8.54. The average Bonchev–Trinajstić information content (AvgIpc) is 2.81. The van der Waals surface area contributed by atoms with E-state index in [1.54, 1.807) is 27.8 Å². The summed E-state index contributed by atoms with van der Waals surface area (Å²) in [6.07, 6.45) is 1.07. The summed E-state index contributed by atoms with van der Waals surface area (Å²) < 4.78 is 18.1. The molecule has 1 aliphatic heterocycles. The van der Waals surface area contributed by atoms with Crippen molar-refractivity contribution in [2.75, 3.05) is 32.5 Å². The summed E-state index contributed by atoms with van der Waals surface area (Å²) in [5, 5.41) is 5.08. The Morgan fingerprint density at radius 3 is 2.34 bits per heavy atom. The minimum atomic E-state index is -0.751. The highest BCUT2D eigenvalue weighted by atomic mass is 32.2. The quantitative estimate of drug-likeness (QED) is 0.466. The molecule has 166 valence electrons. The van der Waals surface area contributed by atoms with Gasteiger partial charge in [-0.15, -0.1) is 0 Å². The largest absolute Gasteiger partial charge is 0.493 e. The van der Waals surface area contributed by atoms with Crippen molar-refractivity contribution in [1.29, 1.82) is 0 Å². The van der Waals surface area contributed by atoms with Crippen LogP contribution in [0, 0.1) is 0 Å². The van der Waals surface area contributed by atoms with Crippen LogP contribution >= 0.6 is 11.8 Å². The van der Waals surface area contributed by atoms with Crippen LogP contribution in [0.15, 0.2) is 46.3 Å². The summed E-state index contributed by atoms with van der Waals surface area (Å²) in [7, 11) is 4.57. The fourth-order valence-corrected chi connectivity index (χ4v) is 4.32. The molecule has 4 rings (SSSR count). The first-order valence-corrected chi connectivity index (χ1v) is 11.0. The number of thioether (sulfide) groups is 1. The number of rotatable bonds is 5. The fraction of sp³-hybridized carbons (Fsp3) is 0.273. The monoisotopic (exact) mass is 455 g/mol. The Hall–Kier alpha value is -3.53. The van der Waals surface area contributed by atoms with Crippen molar-refractivity contribution in [3.05, 3.63) is 52.3 Å². The van der Waals surface area contributed by atoms with Crippen molar-refractivity contribution in [2.24, 2.45) is 0 Å². The van der Waals surface area contributed by atoms with Crippen LogP contribution < -0.4 is 29.4 Å². The summed E-state index contributed by atoms with van der Waals surface area (Å²) in [6.45, 7) is 1.48. The van der Waals surface area contributed by atoms with Gasteiger partial charge in [0.15, 0.2) is 11.5 Å². The summed E-state index contributed by atoms with van der Waals surface area (Å²) in [4.78, 5) is 30.5. The molecule has 0 spiro atoms. The number of nitrogens with one attached hydrogen (secondary N) is 1. The standard InChI is InChI=1S/C22H22N4O5S/c1-12(27)25-15-9-7-6-8-14(15)18-20(28)23-22(32-5)24-26(18)21(25)13-10-16(29-2)19(31-4)17(11-13)30-3/h6-11,21H,1-5H3/p+1/t21-/m0/s1. The van der Waals surface area contributed by atoms with Gasteiger partial charge in [0.25, 0.3) is 6.17 Å².